The Labute approximate surface area is 105 Å². The van der Waals surface area contributed by atoms with Crippen LogP contribution in [-0.2, 0) is 4.79 Å². The van der Waals surface area contributed by atoms with Crippen LogP contribution in [0.1, 0.15) is 11.5 Å². The normalized spacial score (nSPS) is 26.6. The Morgan fingerprint density at radius 1 is 1.19 bits per heavy atom. The van der Waals surface area contributed by atoms with Gasteiger partial charge >= 0.3 is 0 Å². The first-order valence-corrected chi connectivity index (χ1v) is 5.50. The molecule has 0 aromatic heterocycles. The summed E-state index contributed by atoms with van der Waals surface area (Å²) < 4.78 is 24.5. The molecule has 0 saturated heterocycles. The maximum atomic E-state index is 13.0. The number of benzene rings is 1. The molecule has 16 heavy (non-hydrogen) atoms. The van der Waals surface area contributed by atoms with Crippen molar-refractivity contribution in [1.29, 1.82) is 0 Å². The first kappa shape index (κ1) is 12.1. The van der Waals surface area contributed by atoms with Crippen LogP contribution in [0.2, 0.25) is 0 Å². The molecule has 86 valence electrons. The number of carbonyl (C=O) groups is 1. The average molecular weight is 286 g/mol. The van der Waals surface area contributed by atoms with Crippen molar-refractivity contribution >= 4 is 40.0 Å². The van der Waals surface area contributed by atoms with Crippen LogP contribution in [0, 0.1) is 17.6 Å². The number of alkyl halides is 2. The van der Waals surface area contributed by atoms with Crippen LogP contribution < -0.4 is 0 Å². The van der Waals surface area contributed by atoms with Crippen LogP contribution in [-0.4, -0.2) is 9.58 Å². The van der Waals surface area contributed by atoms with E-state index in [0.717, 1.165) is 18.2 Å². The zero-order chi connectivity index (χ0) is 12.1. The Bertz CT molecular complexity index is 441. The summed E-state index contributed by atoms with van der Waals surface area (Å²) in [5, 5.41) is -0.709. The second-order valence-electron chi connectivity index (χ2n) is 3.64. The van der Waals surface area contributed by atoms with Crippen LogP contribution >= 0.6 is 34.8 Å². The van der Waals surface area contributed by atoms with Crippen LogP contribution in [0.3, 0.4) is 0 Å². The van der Waals surface area contributed by atoms with Gasteiger partial charge in [0.2, 0.25) is 5.24 Å². The molecule has 0 amide bonds. The SMILES string of the molecule is O=C(Cl)C1C(c2cc(F)cc(F)c2)C1(Cl)Cl. The molecule has 1 fully saturated rings. The first-order valence-electron chi connectivity index (χ1n) is 4.37. The Balaban J connectivity index is 2.37. The molecule has 1 aliphatic carbocycles. The summed E-state index contributed by atoms with van der Waals surface area (Å²) in [5.74, 6) is -2.97. The van der Waals surface area contributed by atoms with E-state index in [0.29, 0.717) is 0 Å². The lowest BCUT2D eigenvalue weighted by atomic mass is 10.1. The lowest BCUT2D eigenvalue weighted by Gasteiger charge is -2.00. The van der Waals surface area contributed by atoms with Gasteiger partial charge in [-0.1, -0.05) is 0 Å². The van der Waals surface area contributed by atoms with Gasteiger partial charge in [0.1, 0.15) is 16.0 Å². The van der Waals surface area contributed by atoms with Gasteiger partial charge < -0.3 is 0 Å². The number of rotatable bonds is 2. The molecule has 0 spiro atoms. The Morgan fingerprint density at radius 3 is 2.06 bits per heavy atom. The van der Waals surface area contributed by atoms with Crippen molar-refractivity contribution < 1.29 is 13.6 Å². The monoisotopic (exact) mass is 284 g/mol. The Morgan fingerprint density at radius 2 is 1.69 bits per heavy atom. The topological polar surface area (TPSA) is 17.1 Å². The highest BCUT2D eigenvalue weighted by Crippen LogP contribution is 2.65. The van der Waals surface area contributed by atoms with Gasteiger partial charge in [0, 0.05) is 12.0 Å². The fourth-order valence-electron chi connectivity index (χ4n) is 1.78. The molecule has 0 bridgehead atoms. The zero-order valence-corrected chi connectivity index (χ0v) is 9.95. The first-order chi connectivity index (χ1) is 7.34. The molecular weight excluding hydrogens is 280 g/mol. The van der Waals surface area contributed by atoms with Gasteiger partial charge in [-0.3, -0.25) is 4.79 Å². The standard InChI is InChI=1S/C10H5Cl3F2O/c11-9(16)8-7(10(8,12)13)4-1-5(14)3-6(15)2-4/h1-3,7-8H. The maximum absolute atomic E-state index is 13.0. The van der Waals surface area contributed by atoms with Gasteiger partial charge in [-0.2, -0.15) is 0 Å². The highest BCUT2D eigenvalue weighted by atomic mass is 35.5. The molecule has 1 aromatic rings. The van der Waals surface area contributed by atoms with E-state index in [1.807, 2.05) is 0 Å². The molecule has 2 unspecified atom stereocenters. The zero-order valence-electron chi connectivity index (χ0n) is 7.68. The van der Waals surface area contributed by atoms with Gasteiger partial charge in [0.15, 0.2) is 0 Å². The van der Waals surface area contributed by atoms with Gasteiger partial charge in [0.25, 0.3) is 0 Å². The van der Waals surface area contributed by atoms with Gasteiger partial charge in [0.05, 0.1) is 5.92 Å². The maximum Gasteiger partial charge on any atom is 0.228 e. The lowest BCUT2D eigenvalue weighted by Crippen LogP contribution is -1.96. The van der Waals surface area contributed by atoms with Gasteiger partial charge in [-0.25, -0.2) is 8.78 Å². The Hall–Kier alpha value is -0.380. The summed E-state index contributed by atoms with van der Waals surface area (Å²) >= 11 is 16.9. The van der Waals surface area contributed by atoms with Crippen molar-refractivity contribution in [3.8, 4) is 0 Å². The molecule has 2 atom stereocenters. The minimum atomic E-state index is -1.38. The number of halogens is 5. The highest BCUT2D eigenvalue weighted by molar-refractivity contribution is 6.68. The fraction of sp³-hybridized carbons (Fsp3) is 0.300. The quantitative estimate of drug-likeness (QED) is 0.599. The lowest BCUT2D eigenvalue weighted by molar-refractivity contribution is -0.112. The third kappa shape index (κ3) is 1.92. The number of hydrogen-bond donors (Lipinski definition) is 0. The summed E-state index contributed by atoms with van der Waals surface area (Å²) in [4.78, 5) is 11.0. The molecule has 1 aromatic carbocycles. The molecule has 0 N–H and O–H groups in total. The largest absolute Gasteiger partial charge is 0.281 e. The van der Waals surface area contributed by atoms with Crippen molar-refractivity contribution in [2.24, 2.45) is 5.92 Å². The van der Waals surface area contributed by atoms with Crippen LogP contribution in [0.25, 0.3) is 0 Å². The molecule has 2 rings (SSSR count). The van der Waals surface area contributed by atoms with Crippen molar-refractivity contribution in [2.75, 3.05) is 0 Å². The molecule has 0 radical (unpaired) electrons. The molecule has 1 saturated carbocycles. The minimum absolute atomic E-state index is 0.238. The second-order valence-corrected chi connectivity index (χ2v) is 5.45. The predicted octanol–water partition coefficient (Wildman–Crippen LogP) is 3.62. The van der Waals surface area contributed by atoms with Crippen molar-refractivity contribution in [1.82, 2.24) is 0 Å². The van der Waals surface area contributed by atoms with Crippen molar-refractivity contribution in [2.45, 2.75) is 10.3 Å². The van der Waals surface area contributed by atoms with E-state index in [-0.39, 0.29) is 5.56 Å². The van der Waals surface area contributed by atoms with Crippen LogP contribution in [0.5, 0.6) is 0 Å². The van der Waals surface area contributed by atoms with E-state index < -0.39 is 33.0 Å². The molecule has 1 nitrogen and oxygen atoms in total. The van der Waals surface area contributed by atoms with E-state index in [1.54, 1.807) is 0 Å². The molecule has 6 heteroatoms. The smallest absolute Gasteiger partial charge is 0.228 e. The van der Waals surface area contributed by atoms with E-state index in [9.17, 15) is 13.6 Å². The summed E-state index contributed by atoms with van der Waals surface area (Å²) in [5.41, 5.74) is 0.238. The third-order valence-corrected chi connectivity index (χ3v) is 3.72. The number of hydrogen-bond acceptors (Lipinski definition) is 1. The Kier molecular flexibility index (Phi) is 2.89. The van der Waals surface area contributed by atoms with Gasteiger partial charge in [-0.05, 0) is 29.3 Å². The molecular formula is C10H5Cl3F2O. The van der Waals surface area contributed by atoms with Crippen molar-refractivity contribution in [3.63, 3.8) is 0 Å². The predicted molar refractivity (Wildman–Crippen MR) is 57.9 cm³/mol. The van der Waals surface area contributed by atoms with Crippen molar-refractivity contribution in [3.05, 3.63) is 35.4 Å². The van der Waals surface area contributed by atoms with Crippen LogP contribution in [0.15, 0.2) is 18.2 Å². The fourth-order valence-corrected chi connectivity index (χ4v) is 3.02. The molecule has 1 aliphatic rings. The van der Waals surface area contributed by atoms with E-state index in [1.165, 1.54) is 0 Å². The average Bonchev–Trinajstić information content (AvgIpc) is 2.67. The van der Waals surface area contributed by atoms with E-state index in [2.05, 4.69) is 0 Å². The minimum Gasteiger partial charge on any atom is -0.281 e. The van der Waals surface area contributed by atoms with Crippen LogP contribution in [0.4, 0.5) is 8.78 Å². The summed E-state index contributed by atoms with van der Waals surface area (Å²) in [6.07, 6.45) is 0. The summed E-state index contributed by atoms with van der Waals surface area (Å²) in [7, 11) is 0. The summed E-state index contributed by atoms with van der Waals surface area (Å²) in [6.45, 7) is 0. The molecule has 0 heterocycles. The van der Waals surface area contributed by atoms with E-state index in [4.69, 9.17) is 34.8 Å². The number of carbonyl (C=O) groups excluding carboxylic acids is 1. The molecule has 0 aliphatic heterocycles. The second kappa shape index (κ2) is 3.83. The summed E-state index contributed by atoms with van der Waals surface area (Å²) in [6, 6.07) is 2.91. The van der Waals surface area contributed by atoms with Gasteiger partial charge in [-0.15, -0.1) is 23.2 Å². The highest BCUT2D eigenvalue weighted by Gasteiger charge is 2.67. The van der Waals surface area contributed by atoms with E-state index >= 15 is 0 Å². The third-order valence-electron chi connectivity index (χ3n) is 2.54.